The van der Waals surface area contributed by atoms with Crippen molar-refractivity contribution >= 4 is 28.6 Å². The third-order valence-electron chi connectivity index (χ3n) is 2.03. The molecule has 0 unspecified atom stereocenters. The minimum absolute atomic E-state index is 0.288. The third kappa shape index (κ3) is 3.49. The Morgan fingerprint density at radius 3 is 2.73 bits per heavy atom. The van der Waals surface area contributed by atoms with Crippen molar-refractivity contribution < 1.29 is 13.9 Å². The van der Waals surface area contributed by atoms with E-state index in [1.807, 2.05) is 12.1 Å². The van der Waals surface area contributed by atoms with E-state index in [4.69, 9.17) is 4.42 Å². The molecule has 0 atom stereocenters. The second-order valence-electron chi connectivity index (χ2n) is 3.68. The van der Waals surface area contributed by atoms with Crippen molar-refractivity contribution in [1.29, 1.82) is 0 Å². The van der Waals surface area contributed by atoms with Crippen molar-refractivity contribution in [3.63, 3.8) is 0 Å². The molecule has 0 aromatic carbocycles. The molecule has 0 aliphatic heterocycles. The summed E-state index contributed by atoms with van der Waals surface area (Å²) >= 11 is 2.10. The van der Waals surface area contributed by atoms with E-state index in [0.29, 0.717) is 6.54 Å². The zero-order chi connectivity index (χ0) is 11.5. The minimum atomic E-state index is -0.701. The maximum absolute atomic E-state index is 11.3. The Hall–Kier alpha value is -0.560. The van der Waals surface area contributed by atoms with E-state index in [0.717, 1.165) is 9.53 Å². The van der Waals surface area contributed by atoms with Gasteiger partial charge in [0.15, 0.2) is 3.77 Å². The van der Waals surface area contributed by atoms with Crippen molar-refractivity contribution in [3.8, 4) is 0 Å². The lowest BCUT2D eigenvalue weighted by molar-refractivity contribution is -0.147. The molecule has 1 aromatic heterocycles. The van der Waals surface area contributed by atoms with Crippen molar-refractivity contribution in [2.75, 3.05) is 7.11 Å². The lowest BCUT2D eigenvalue weighted by Crippen LogP contribution is -2.46. The zero-order valence-electron chi connectivity index (χ0n) is 8.96. The second-order valence-corrected chi connectivity index (χ2v) is 4.74. The molecule has 0 radical (unpaired) electrons. The van der Waals surface area contributed by atoms with E-state index < -0.39 is 5.54 Å². The number of ether oxygens (including phenoxy) is 1. The molecule has 15 heavy (non-hydrogen) atoms. The number of hydrogen-bond donors (Lipinski definition) is 1. The number of esters is 1. The molecule has 5 heteroatoms. The summed E-state index contributed by atoms with van der Waals surface area (Å²) in [6.07, 6.45) is 0. The maximum atomic E-state index is 11.3. The van der Waals surface area contributed by atoms with Gasteiger partial charge < -0.3 is 9.15 Å². The van der Waals surface area contributed by atoms with Crippen LogP contribution in [0.3, 0.4) is 0 Å². The van der Waals surface area contributed by atoms with Gasteiger partial charge >= 0.3 is 5.97 Å². The molecule has 4 nitrogen and oxygen atoms in total. The van der Waals surface area contributed by atoms with Crippen molar-refractivity contribution in [3.05, 3.63) is 21.7 Å². The number of halogens is 1. The lowest BCUT2D eigenvalue weighted by atomic mass is 10.1. The molecule has 0 saturated carbocycles. The number of nitrogens with one attached hydrogen (secondary N) is 1. The number of furan rings is 1. The highest BCUT2D eigenvalue weighted by atomic mass is 127. The third-order valence-corrected chi connectivity index (χ3v) is 2.61. The fourth-order valence-electron chi connectivity index (χ4n) is 1.08. The molecular formula is C10H14INO3. The predicted molar refractivity (Wildman–Crippen MR) is 64.4 cm³/mol. The van der Waals surface area contributed by atoms with Gasteiger partial charge in [-0.1, -0.05) is 0 Å². The highest BCUT2D eigenvalue weighted by Crippen LogP contribution is 2.12. The zero-order valence-corrected chi connectivity index (χ0v) is 11.1. The first kappa shape index (κ1) is 12.5. The lowest BCUT2D eigenvalue weighted by Gasteiger charge is -2.22. The largest absolute Gasteiger partial charge is 0.468 e. The predicted octanol–water partition coefficient (Wildman–Crippen LogP) is 1.93. The van der Waals surface area contributed by atoms with Crippen LogP contribution in [0.15, 0.2) is 16.5 Å². The van der Waals surface area contributed by atoms with Gasteiger partial charge in [0, 0.05) is 0 Å². The number of hydrogen-bond acceptors (Lipinski definition) is 4. The first-order chi connectivity index (χ1) is 6.95. The van der Waals surface area contributed by atoms with E-state index in [-0.39, 0.29) is 5.97 Å². The molecule has 1 rings (SSSR count). The molecule has 0 saturated heterocycles. The van der Waals surface area contributed by atoms with Gasteiger partial charge in [0.05, 0.1) is 13.7 Å². The number of methoxy groups -OCH3 is 1. The van der Waals surface area contributed by atoms with Gasteiger partial charge in [-0.05, 0) is 48.6 Å². The second kappa shape index (κ2) is 4.98. The van der Waals surface area contributed by atoms with Gasteiger partial charge in [-0.25, -0.2) is 0 Å². The summed E-state index contributed by atoms with van der Waals surface area (Å²) in [5, 5.41) is 3.07. The first-order valence-electron chi connectivity index (χ1n) is 4.53. The smallest absolute Gasteiger partial charge is 0.325 e. The van der Waals surface area contributed by atoms with E-state index in [9.17, 15) is 4.79 Å². The summed E-state index contributed by atoms with van der Waals surface area (Å²) in [6, 6.07) is 3.75. The van der Waals surface area contributed by atoms with Crippen LogP contribution >= 0.6 is 22.6 Å². The summed E-state index contributed by atoms with van der Waals surface area (Å²) in [5.74, 6) is 0.514. The van der Waals surface area contributed by atoms with Crippen LogP contribution in [0.5, 0.6) is 0 Å². The average Bonchev–Trinajstić information content (AvgIpc) is 2.60. The van der Waals surface area contributed by atoms with E-state index in [2.05, 4.69) is 32.6 Å². The topological polar surface area (TPSA) is 51.5 Å². The molecule has 0 aliphatic carbocycles. The molecular weight excluding hydrogens is 309 g/mol. The Morgan fingerprint density at radius 1 is 1.60 bits per heavy atom. The fraction of sp³-hybridized carbons (Fsp3) is 0.500. The van der Waals surface area contributed by atoms with Crippen LogP contribution in [0.2, 0.25) is 0 Å². The maximum Gasteiger partial charge on any atom is 0.325 e. The summed E-state index contributed by atoms with van der Waals surface area (Å²) in [6.45, 7) is 4.05. The Kier molecular flexibility index (Phi) is 4.15. The summed E-state index contributed by atoms with van der Waals surface area (Å²) < 4.78 is 10.9. The van der Waals surface area contributed by atoms with Crippen LogP contribution in [0, 0.1) is 3.77 Å². The van der Waals surface area contributed by atoms with E-state index in [1.54, 1.807) is 13.8 Å². The molecule has 1 N–H and O–H groups in total. The highest BCUT2D eigenvalue weighted by Gasteiger charge is 2.27. The number of rotatable bonds is 4. The van der Waals surface area contributed by atoms with Crippen molar-refractivity contribution in [2.45, 2.75) is 25.9 Å². The van der Waals surface area contributed by atoms with E-state index in [1.165, 1.54) is 7.11 Å². The minimum Gasteiger partial charge on any atom is -0.468 e. The molecule has 0 aliphatic rings. The van der Waals surface area contributed by atoms with Crippen LogP contribution in [0.1, 0.15) is 19.6 Å². The SMILES string of the molecule is COC(=O)C(C)(C)NCc1ccc(I)o1. The number of carbonyl (C=O) groups is 1. The molecule has 84 valence electrons. The van der Waals surface area contributed by atoms with Crippen LogP contribution in [-0.2, 0) is 16.1 Å². The van der Waals surface area contributed by atoms with Gasteiger partial charge in [0.2, 0.25) is 0 Å². The molecule has 1 aromatic rings. The monoisotopic (exact) mass is 323 g/mol. The van der Waals surface area contributed by atoms with Crippen LogP contribution in [-0.4, -0.2) is 18.6 Å². The summed E-state index contributed by atoms with van der Waals surface area (Å²) in [4.78, 5) is 11.3. The molecule has 0 fully saturated rings. The Bertz CT molecular complexity index is 346. The van der Waals surface area contributed by atoms with Gasteiger partial charge in [-0.15, -0.1) is 0 Å². The van der Waals surface area contributed by atoms with Crippen molar-refractivity contribution in [1.82, 2.24) is 5.32 Å². The first-order valence-corrected chi connectivity index (χ1v) is 5.61. The highest BCUT2D eigenvalue weighted by molar-refractivity contribution is 14.1. The van der Waals surface area contributed by atoms with Gasteiger partial charge in [0.1, 0.15) is 11.3 Å². The van der Waals surface area contributed by atoms with Gasteiger partial charge in [-0.3, -0.25) is 10.1 Å². The summed E-state index contributed by atoms with van der Waals surface area (Å²) in [5.41, 5.74) is -0.701. The Labute approximate surface area is 103 Å². The normalized spacial score (nSPS) is 11.5. The molecule has 1 heterocycles. The molecule has 0 amide bonds. The standard InChI is InChI=1S/C10H14INO3/c1-10(2,9(13)14-3)12-6-7-4-5-8(11)15-7/h4-5,12H,6H2,1-3H3. The summed E-state index contributed by atoms with van der Waals surface area (Å²) in [7, 11) is 1.38. The number of carbonyl (C=O) groups excluding carboxylic acids is 1. The Balaban J connectivity index is 2.53. The van der Waals surface area contributed by atoms with Crippen molar-refractivity contribution in [2.24, 2.45) is 0 Å². The van der Waals surface area contributed by atoms with Gasteiger partial charge in [0.25, 0.3) is 0 Å². The quantitative estimate of drug-likeness (QED) is 0.679. The Morgan fingerprint density at radius 2 is 2.27 bits per heavy atom. The molecule has 0 spiro atoms. The van der Waals surface area contributed by atoms with Gasteiger partial charge in [-0.2, -0.15) is 0 Å². The average molecular weight is 323 g/mol. The van der Waals surface area contributed by atoms with Crippen LogP contribution < -0.4 is 5.32 Å². The van der Waals surface area contributed by atoms with Crippen LogP contribution in [0.4, 0.5) is 0 Å². The molecule has 0 bridgehead atoms. The fourth-order valence-corrected chi connectivity index (χ4v) is 1.54. The van der Waals surface area contributed by atoms with Crippen LogP contribution in [0.25, 0.3) is 0 Å². The van der Waals surface area contributed by atoms with E-state index >= 15 is 0 Å².